The van der Waals surface area contributed by atoms with Gasteiger partial charge in [0, 0.05) is 0 Å². The summed E-state index contributed by atoms with van der Waals surface area (Å²) in [5.74, 6) is 0. The zero-order valence-electron chi connectivity index (χ0n) is 9.67. The van der Waals surface area contributed by atoms with Crippen LogP contribution in [0.3, 0.4) is 0 Å². The number of benzene rings is 1. The molecule has 0 bridgehead atoms. The minimum Gasteiger partial charge on any atom is -0.0955 e. The van der Waals surface area contributed by atoms with Gasteiger partial charge in [0.25, 0.3) is 0 Å². The Kier molecular flexibility index (Phi) is 6.47. The molecule has 1 aromatic rings. The molecule has 1 aromatic carbocycles. The van der Waals surface area contributed by atoms with Gasteiger partial charge >= 0.3 is 0 Å². The van der Waals surface area contributed by atoms with Crippen molar-refractivity contribution in [3.63, 3.8) is 0 Å². The lowest BCUT2D eigenvalue weighted by molar-refractivity contribution is 1.36. The van der Waals surface area contributed by atoms with Gasteiger partial charge < -0.3 is 0 Å². The summed E-state index contributed by atoms with van der Waals surface area (Å²) in [6.07, 6.45) is 2.08. The van der Waals surface area contributed by atoms with Crippen LogP contribution in [0.4, 0.5) is 0 Å². The van der Waals surface area contributed by atoms with Gasteiger partial charge in [0.2, 0.25) is 0 Å². The number of hydrogen-bond donors (Lipinski definition) is 0. The van der Waals surface area contributed by atoms with E-state index in [-0.39, 0.29) is 0 Å². The van der Waals surface area contributed by atoms with Gasteiger partial charge in [-0.15, -0.1) is 0 Å². The van der Waals surface area contributed by atoms with Gasteiger partial charge in [-0.3, -0.25) is 0 Å². The molecule has 0 spiro atoms. The summed E-state index contributed by atoms with van der Waals surface area (Å²) in [5, 5.41) is 0. The number of rotatable bonds is 1. The minimum atomic E-state index is 1.12. The highest BCUT2D eigenvalue weighted by atomic mass is 13.9. The molecule has 0 heterocycles. The van der Waals surface area contributed by atoms with Crippen LogP contribution in [0.25, 0.3) is 5.57 Å². The molecule has 0 saturated heterocycles. The molecule has 76 valence electrons. The summed E-state index contributed by atoms with van der Waals surface area (Å²) in [6, 6.07) is 10.2. The average molecular weight is 188 g/mol. The molecule has 0 unspecified atom stereocenters. The van der Waals surface area contributed by atoms with E-state index in [1.54, 1.807) is 0 Å². The monoisotopic (exact) mass is 188 g/mol. The Balaban J connectivity index is 0.000000292. The summed E-state index contributed by atoms with van der Waals surface area (Å²) in [6.45, 7) is 12.0. The molecule has 0 N–H and O–H groups in total. The van der Waals surface area contributed by atoms with Crippen molar-refractivity contribution >= 4 is 5.57 Å². The Morgan fingerprint density at radius 2 is 1.50 bits per heavy atom. The van der Waals surface area contributed by atoms with E-state index in [1.165, 1.54) is 11.1 Å². The molecule has 1 rings (SSSR count). The van der Waals surface area contributed by atoms with Gasteiger partial charge in [-0.25, -0.2) is 0 Å². The molecule has 0 fully saturated rings. The molecule has 0 heteroatoms. The maximum Gasteiger partial charge on any atom is -0.0233 e. The Morgan fingerprint density at radius 1 is 1.07 bits per heavy atom. The molecule has 0 aliphatic heterocycles. The van der Waals surface area contributed by atoms with Crippen LogP contribution in [0, 0.1) is 0 Å². The summed E-state index contributed by atoms with van der Waals surface area (Å²) < 4.78 is 0. The van der Waals surface area contributed by atoms with Gasteiger partial charge in [0.1, 0.15) is 0 Å². The van der Waals surface area contributed by atoms with E-state index in [2.05, 4.69) is 38.6 Å². The van der Waals surface area contributed by atoms with Crippen molar-refractivity contribution < 1.29 is 0 Å². The van der Waals surface area contributed by atoms with Crippen LogP contribution in [0.2, 0.25) is 0 Å². The van der Waals surface area contributed by atoms with Crippen molar-refractivity contribution in [3.05, 3.63) is 54.1 Å². The van der Waals surface area contributed by atoms with Crippen LogP contribution >= 0.6 is 0 Å². The fourth-order valence-electron chi connectivity index (χ4n) is 0.723. The standard InChI is InChI=1S/C9H10.C5H10/c1-8(2)9-6-4-3-5-7-9;1-4-5(2)3/h3-7H,1H2,2H3;4H,1-3H3. The lowest BCUT2D eigenvalue weighted by Crippen LogP contribution is -1.72. The molecular weight excluding hydrogens is 168 g/mol. The Labute approximate surface area is 88.0 Å². The van der Waals surface area contributed by atoms with Crippen LogP contribution in [-0.4, -0.2) is 0 Å². The van der Waals surface area contributed by atoms with Crippen molar-refractivity contribution in [1.29, 1.82) is 0 Å². The molecule has 0 atom stereocenters. The second kappa shape index (κ2) is 7.14. The van der Waals surface area contributed by atoms with Crippen LogP contribution in [0.15, 0.2) is 48.6 Å². The minimum absolute atomic E-state index is 1.12. The van der Waals surface area contributed by atoms with Crippen LogP contribution in [0.1, 0.15) is 33.3 Å². The molecule has 0 nitrogen and oxygen atoms in total. The van der Waals surface area contributed by atoms with Crippen molar-refractivity contribution in [1.82, 2.24) is 0 Å². The van der Waals surface area contributed by atoms with E-state index < -0.39 is 0 Å². The quantitative estimate of drug-likeness (QED) is 0.561. The van der Waals surface area contributed by atoms with Gasteiger partial charge in [0.05, 0.1) is 0 Å². The lowest BCUT2D eigenvalue weighted by Gasteiger charge is -1.94. The molecule has 14 heavy (non-hydrogen) atoms. The van der Waals surface area contributed by atoms with Gasteiger partial charge in [0.15, 0.2) is 0 Å². The predicted octanol–water partition coefficient (Wildman–Crippen LogP) is 4.69. The third-order valence-corrected chi connectivity index (χ3v) is 1.84. The van der Waals surface area contributed by atoms with Gasteiger partial charge in [-0.1, -0.05) is 54.1 Å². The van der Waals surface area contributed by atoms with Crippen molar-refractivity contribution in [2.45, 2.75) is 27.7 Å². The number of hydrogen-bond acceptors (Lipinski definition) is 0. The highest BCUT2D eigenvalue weighted by Crippen LogP contribution is 2.08. The average Bonchev–Trinajstić information content (AvgIpc) is 2.20. The van der Waals surface area contributed by atoms with Crippen molar-refractivity contribution in [2.75, 3.05) is 0 Å². The predicted molar refractivity (Wildman–Crippen MR) is 66.3 cm³/mol. The van der Waals surface area contributed by atoms with E-state index in [4.69, 9.17) is 0 Å². The first-order valence-electron chi connectivity index (χ1n) is 4.88. The molecule has 0 aliphatic rings. The lowest BCUT2D eigenvalue weighted by atomic mass is 10.1. The summed E-state index contributed by atoms with van der Waals surface area (Å²) in [4.78, 5) is 0. The highest BCUT2D eigenvalue weighted by molar-refractivity contribution is 5.60. The van der Waals surface area contributed by atoms with Crippen LogP contribution in [0.5, 0.6) is 0 Å². The highest BCUT2D eigenvalue weighted by Gasteiger charge is 1.86. The zero-order chi connectivity index (χ0) is 11.0. The molecule has 0 amide bonds. The Bertz CT molecular complexity index is 287. The largest absolute Gasteiger partial charge is 0.0955 e. The maximum absolute atomic E-state index is 3.83. The molecule has 0 saturated carbocycles. The van der Waals surface area contributed by atoms with Crippen LogP contribution < -0.4 is 0 Å². The van der Waals surface area contributed by atoms with Gasteiger partial charge in [-0.2, -0.15) is 0 Å². The summed E-state index contributed by atoms with van der Waals surface area (Å²) >= 11 is 0. The normalized spacial score (nSPS) is 8.29. The summed E-state index contributed by atoms with van der Waals surface area (Å²) in [5.41, 5.74) is 3.72. The van der Waals surface area contributed by atoms with E-state index in [0.717, 1.165) is 5.57 Å². The van der Waals surface area contributed by atoms with Crippen LogP contribution in [-0.2, 0) is 0 Å². The fraction of sp³-hybridized carbons (Fsp3) is 0.286. The van der Waals surface area contributed by atoms with E-state index in [1.807, 2.05) is 32.0 Å². The van der Waals surface area contributed by atoms with E-state index in [0.29, 0.717) is 0 Å². The third kappa shape index (κ3) is 6.24. The first-order valence-corrected chi connectivity index (χ1v) is 4.88. The second-order valence-electron chi connectivity index (χ2n) is 3.51. The zero-order valence-corrected chi connectivity index (χ0v) is 9.67. The first-order chi connectivity index (χ1) is 6.57. The van der Waals surface area contributed by atoms with E-state index in [9.17, 15) is 0 Å². The Hall–Kier alpha value is -1.30. The van der Waals surface area contributed by atoms with Gasteiger partial charge in [-0.05, 0) is 33.3 Å². The Morgan fingerprint density at radius 3 is 1.71 bits per heavy atom. The summed E-state index contributed by atoms with van der Waals surface area (Å²) in [7, 11) is 0. The molecular formula is C14H20. The molecule has 0 aliphatic carbocycles. The van der Waals surface area contributed by atoms with E-state index >= 15 is 0 Å². The first kappa shape index (κ1) is 12.7. The smallest absolute Gasteiger partial charge is 0.0233 e. The second-order valence-corrected chi connectivity index (χ2v) is 3.51. The third-order valence-electron chi connectivity index (χ3n) is 1.84. The topological polar surface area (TPSA) is 0 Å². The molecule has 0 radical (unpaired) electrons. The van der Waals surface area contributed by atoms with Crippen molar-refractivity contribution in [2.24, 2.45) is 0 Å². The number of allylic oxidation sites excluding steroid dienone is 3. The molecule has 0 aromatic heterocycles. The van der Waals surface area contributed by atoms with Crippen molar-refractivity contribution in [3.8, 4) is 0 Å². The fourth-order valence-corrected chi connectivity index (χ4v) is 0.723. The maximum atomic E-state index is 3.83. The SMILES string of the molecule is C=C(C)c1ccccc1.CC=C(C)C.